The summed E-state index contributed by atoms with van der Waals surface area (Å²) in [4.78, 5) is 27.1. The van der Waals surface area contributed by atoms with Gasteiger partial charge in [0.15, 0.2) is 5.95 Å². The van der Waals surface area contributed by atoms with Crippen molar-refractivity contribution in [3.63, 3.8) is 0 Å². The van der Waals surface area contributed by atoms with E-state index >= 15 is 0 Å². The van der Waals surface area contributed by atoms with E-state index in [0.29, 0.717) is 99.3 Å². The molecule has 17 nitrogen and oxygen atoms in total. The van der Waals surface area contributed by atoms with Gasteiger partial charge in [-0.2, -0.15) is 0 Å². The molecule has 26 heteroatoms. The molecule has 8 aromatic carbocycles. The number of nitrogens with one attached hydrogen (secondary N) is 2. The largest absolute Gasteiger partial charge is 1.00 e. The number of para-hydroxylation sites is 6. The molecule has 0 aliphatic heterocycles. The Hall–Kier alpha value is -6.12. The maximum absolute atomic E-state index is 13.0. The summed E-state index contributed by atoms with van der Waals surface area (Å²) in [6.45, 7) is 3.96. The fourth-order valence-corrected chi connectivity index (χ4v) is 7.87. The van der Waals surface area contributed by atoms with E-state index in [-0.39, 0.29) is 140 Å². The molecule has 0 bridgehead atoms. The number of nitrogens with zero attached hydrogens (tertiary/aromatic N) is 5. The summed E-state index contributed by atoms with van der Waals surface area (Å²) in [5, 5.41) is 13.3. The van der Waals surface area contributed by atoms with Crippen LogP contribution in [0.3, 0.4) is 0 Å². The van der Waals surface area contributed by atoms with Crippen molar-refractivity contribution in [3.8, 4) is 28.7 Å². The van der Waals surface area contributed by atoms with E-state index in [2.05, 4.69) is 62.0 Å². The minimum Gasteiger partial charge on any atom is -1.00 e. The molecule has 3 heterocycles. The van der Waals surface area contributed by atoms with Gasteiger partial charge in [0.1, 0.15) is 77.7 Å². The van der Waals surface area contributed by atoms with Gasteiger partial charge in [0.05, 0.1) is 65.9 Å². The zero-order chi connectivity index (χ0) is 61.3. The zero-order valence-corrected chi connectivity index (χ0v) is 57.3. The predicted molar refractivity (Wildman–Crippen MR) is 328 cm³/mol. The zero-order valence-electron chi connectivity index (χ0n) is 48.9. The number of aromatic nitrogens is 6. The van der Waals surface area contributed by atoms with Crippen LogP contribution in [0.4, 0.5) is 39.8 Å². The Balaban J connectivity index is 0.000000304. The molecular formula is C62H60Br2F5K2N9O8. The van der Waals surface area contributed by atoms with Gasteiger partial charge in [-0.15, -0.1) is 0 Å². The van der Waals surface area contributed by atoms with Crippen molar-refractivity contribution in [1.29, 1.82) is 0 Å². The van der Waals surface area contributed by atoms with Crippen molar-refractivity contribution in [2.45, 2.75) is 13.1 Å². The quantitative estimate of drug-likeness (QED) is 0.0120. The van der Waals surface area contributed by atoms with Crippen LogP contribution in [0.15, 0.2) is 194 Å². The van der Waals surface area contributed by atoms with Gasteiger partial charge in [-0.25, -0.2) is 36.9 Å². The second kappa shape index (κ2) is 42.0. The summed E-state index contributed by atoms with van der Waals surface area (Å²) < 4.78 is 94.7. The van der Waals surface area contributed by atoms with Crippen LogP contribution >= 0.6 is 31.9 Å². The Labute approximate surface area is 607 Å². The molecule has 0 aliphatic rings. The van der Waals surface area contributed by atoms with Crippen LogP contribution in [0.2, 0.25) is 0 Å². The predicted octanol–water partition coefficient (Wildman–Crippen LogP) is 6.62. The van der Waals surface area contributed by atoms with Crippen LogP contribution in [-0.2, 0) is 22.8 Å². The number of carbonyl (C=O) groups excluding carboxylic acids is 1. The monoisotopic (exact) mass is 1390 g/mol. The van der Waals surface area contributed by atoms with Gasteiger partial charge in [0, 0.05) is 10.7 Å². The number of nitrogen functional groups attached to an aromatic ring is 2. The molecule has 452 valence electrons. The smallest absolute Gasteiger partial charge is 1.00 e. The molecule has 11 rings (SSSR count). The second-order valence-electron chi connectivity index (χ2n) is 17.3. The minimum atomic E-state index is -0.294. The molecule has 0 aliphatic carbocycles. The van der Waals surface area contributed by atoms with Crippen LogP contribution in [-0.4, -0.2) is 85.8 Å². The molecular weight excluding hydrogens is 1330 g/mol. The first-order valence-corrected chi connectivity index (χ1v) is 28.5. The second-order valence-corrected chi connectivity index (χ2v) is 18.9. The number of aromatic amines is 1. The van der Waals surface area contributed by atoms with E-state index in [0.717, 1.165) is 43.8 Å². The number of hydrogen-bond donors (Lipinski definition) is 4. The van der Waals surface area contributed by atoms with E-state index in [1.165, 1.54) is 60.7 Å². The maximum Gasteiger partial charge on any atom is 1.00 e. The van der Waals surface area contributed by atoms with Crippen LogP contribution in [0.25, 0.3) is 33.1 Å². The minimum absolute atomic E-state index is 0. The molecule has 0 unspecified atom stereocenters. The van der Waals surface area contributed by atoms with E-state index in [1.807, 2.05) is 81.9 Å². The number of nitrogens with two attached hydrogens (primary N) is 2. The molecule has 0 saturated carbocycles. The fourth-order valence-electron chi connectivity index (χ4n) is 7.55. The Bertz CT molecular complexity index is 3640. The van der Waals surface area contributed by atoms with Gasteiger partial charge >= 0.3 is 103 Å². The summed E-state index contributed by atoms with van der Waals surface area (Å²) in [7, 11) is 0. The normalized spacial score (nSPS) is 10.0. The molecule has 0 saturated heterocycles. The Kier molecular flexibility index (Phi) is 35.5. The average Bonchev–Trinajstić information content (AvgIpc) is 4.31. The van der Waals surface area contributed by atoms with Crippen LogP contribution in [0, 0.1) is 29.1 Å². The topological polar surface area (TPSA) is 224 Å². The number of H-pyrrole nitrogens is 1. The van der Waals surface area contributed by atoms with Crippen molar-refractivity contribution in [2.24, 2.45) is 0 Å². The van der Waals surface area contributed by atoms with E-state index < -0.39 is 0 Å². The van der Waals surface area contributed by atoms with Crippen LogP contribution in [0.5, 0.6) is 28.7 Å². The van der Waals surface area contributed by atoms with Crippen molar-refractivity contribution in [2.75, 3.05) is 67.0 Å². The molecule has 6 N–H and O–H groups in total. The first-order valence-electron chi connectivity index (χ1n) is 26.2. The molecule has 0 fully saturated rings. The summed E-state index contributed by atoms with van der Waals surface area (Å²) in [6, 6.07) is 53.1. The Morgan fingerprint density at radius 3 is 1.22 bits per heavy atom. The number of imidazole rings is 3. The number of benzene rings is 8. The van der Waals surface area contributed by atoms with Crippen LogP contribution < -0.4 is 148 Å². The molecule has 3 aromatic heterocycles. The van der Waals surface area contributed by atoms with Gasteiger partial charge in [-0.05, 0) is 158 Å². The maximum atomic E-state index is 13.0. The first kappa shape index (κ1) is 74.3. The third-order valence-corrected chi connectivity index (χ3v) is 12.0. The number of anilines is 3. The summed E-state index contributed by atoms with van der Waals surface area (Å²) >= 11 is 6.44. The van der Waals surface area contributed by atoms with Gasteiger partial charge < -0.3 is 66.2 Å². The number of rotatable bonds is 20. The standard InChI is InChI=1S/C23H21F2N3O2.C15H14FN3O.2C8H8BrFO.C7H7N3.CH2O3.2K.H/c24-17-5-9-19(10-6-17)29-15-13-26-23-27-21-3-1-2-4-22(21)28(23)14-16-30-20-11-7-18(25)8-12-20;16-11-5-7-12(8-6-11)20-10-9-19-14-4-2-1-3-13(14)18-15(19)17;2*9-5-6-11-8-3-1-7(10)2-4-8;8-7-9-5-3-1-2-4-6(5)10-7;2-1-4-3;;;/h1-12H,13-16H2,(H,26,27);1-8H,9-10H2,(H2,17,18);2*1-4H,5-6H2;1-4H,(H3,8,9,10);1,3H;;;/q;;;;;;2*+1;-1/p-1. The van der Waals surface area contributed by atoms with E-state index in [4.69, 9.17) is 45.2 Å². The third-order valence-electron chi connectivity index (χ3n) is 11.4. The molecule has 0 radical (unpaired) electrons. The molecule has 0 amide bonds. The molecule has 11 aromatic rings. The number of hydrogen-bond acceptors (Lipinski definition) is 14. The average molecular weight is 1390 g/mol. The Morgan fingerprint density at radius 1 is 0.477 bits per heavy atom. The molecule has 0 atom stereocenters. The molecule has 88 heavy (non-hydrogen) atoms. The van der Waals surface area contributed by atoms with Crippen LogP contribution in [0.1, 0.15) is 1.43 Å². The van der Waals surface area contributed by atoms with Crippen molar-refractivity contribution < 1.29 is 165 Å². The summed E-state index contributed by atoms with van der Waals surface area (Å²) in [5.74, 6) is 3.56. The number of alkyl halides is 2. The third kappa shape index (κ3) is 26.5. The number of fused-ring (bicyclic) bond motifs is 3. The van der Waals surface area contributed by atoms with Gasteiger partial charge in [-0.3, -0.25) is 4.79 Å². The van der Waals surface area contributed by atoms with E-state index in [9.17, 15) is 22.0 Å². The number of carbonyl (C=O) groups is 1. The first-order chi connectivity index (χ1) is 41.8. The summed E-state index contributed by atoms with van der Waals surface area (Å²) in [6.07, 6.45) is 0. The van der Waals surface area contributed by atoms with Crippen molar-refractivity contribution >= 4 is 89.3 Å². The number of ether oxygens (including phenoxy) is 5. The SMILES string of the molecule is Fc1ccc(OCCBr)cc1.Fc1ccc(OCCBr)cc1.Fc1ccc(OCCNc2nc3ccccc3n2CCOc2ccc(F)cc2)cc1.Nc1nc2ccccc2[nH]1.Nc1nc2ccccc2n1CCOc1ccc(F)cc1.O=CO[O-].[H-].[K+].[K+]. The number of halogens is 7. The van der Waals surface area contributed by atoms with Gasteiger partial charge in [0.25, 0.3) is 6.47 Å². The summed E-state index contributed by atoms with van der Waals surface area (Å²) in [5.41, 5.74) is 16.9. The van der Waals surface area contributed by atoms with Crippen molar-refractivity contribution in [3.05, 3.63) is 223 Å². The van der Waals surface area contributed by atoms with Crippen molar-refractivity contribution in [1.82, 2.24) is 29.1 Å². The fraction of sp³-hybridized carbons (Fsp3) is 0.161. The van der Waals surface area contributed by atoms with Gasteiger partial charge in [0.2, 0.25) is 11.9 Å². The Morgan fingerprint density at radius 2 is 0.818 bits per heavy atom. The van der Waals surface area contributed by atoms with E-state index in [1.54, 1.807) is 60.7 Å². The molecule has 0 spiro atoms. The van der Waals surface area contributed by atoms with Gasteiger partial charge in [-0.1, -0.05) is 68.3 Å².